The number of rotatable bonds is 3. The van der Waals surface area contributed by atoms with Crippen LogP contribution in [0.25, 0.3) is 0 Å². The van der Waals surface area contributed by atoms with Gasteiger partial charge in [0.25, 0.3) is 0 Å². The maximum Gasteiger partial charge on any atom is 0.0628 e. The minimum Gasteiger partial charge on any atom is -0.392 e. The van der Waals surface area contributed by atoms with Crippen molar-refractivity contribution in [2.75, 3.05) is 0 Å². The van der Waals surface area contributed by atoms with Crippen molar-refractivity contribution in [3.63, 3.8) is 0 Å². The Labute approximate surface area is 94.3 Å². The Balaban J connectivity index is 2.78. The minimum absolute atomic E-state index is 0.197. The van der Waals surface area contributed by atoms with Gasteiger partial charge in [0.1, 0.15) is 0 Å². The van der Waals surface area contributed by atoms with Gasteiger partial charge in [-0.3, -0.25) is 0 Å². The highest BCUT2D eigenvalue weighted by atomic mass is 79.9. The molecule has 2 atom stereocenters. The minimum atomic E-state index is -0.267. The molecule has 0 fully saturated rings. The molecule has 0 bridgehead atoms. The van der Waals surface area contributed by atoms with Gasteiger partial charge in [0, 0.05) is 10.4 Å². The van der Waals surface area contributed by atoms with E-state index < -0.39 is 0 Å². The molecule has 0 saturated carbocycles. The Bertz CT molecular complexity index is 279. The summed E-state index contributed by atoms with van der Waals surface area (Å²) in [5, 5.41) is 9.91. The first-order valence-corrected chi connectivity index (χ1v) is 5.75. The summed E-state index contributed by atoms with van der Waals surface area (Å²) >= 11 is 3.40. The molecule has 0 amide bonds. The molecule has 2 unspecified atom stereocenters. The van der Waals surface area contributed by atoms with Crippen molar-refractivity contribution in [3.05, 3.63) is 34.3 Å². The monoisotopic (exact) mass is 256 g/mol. The van der Waals surface area contributed by atoms with Crippen molar-refractivity contribution in [2.24, 2.45) is 5.92 Å². The van der Waals surface area contributed by atoms with Crippen molar-refractivity contribution in [2.45, 2.75) is 32.8 Å². The van der Waals surface area contributed by atoms with Crippen LogP contribution in [0.1, 0.15) is 32.3 Å². The number of aliphatic hydroxyl groups excluding tert-OH is 1. The first-order valence-electron chi connectivity index (χ1n) is 4.96. The molecule has 0 aliphatic carbocycles. The molecular formula is C12H17BrO. The lowest BCUT2D eigenvalue weighted by atomic mass is 9.89. The highest BCUT2D eigenvalue weighted by Gasteiger charge is 2.18. The first-order chi connectivity index (χ1) is 6.52. The third kappa shape index (κ3) is 2.82. The predicted molar refractivity (Wildman–Crippen MR) is 63.4 cm³/mol. The number of aliphatic hydroxyl groups is 1. The van der Waals surface area contributed by atoms with E-state index in [0.29, 0.717) is 5.92 Å². The second kappa shape index (κ2) is 4.94. The van der Waals surface area contributed by atoms with Gasteiger partial charge >= 0.3 is 0 Å². The van der Waals surface area contributed by atoms with E-state index in [1.165, 1.54) is 5.56 Å². The second-order valence-electron chi connectivity index (χ2n) is 4.07. The number of hydrogen-bond donors (Lipinski definition) is 1. The Hall–Kier alpha value is -0.340. The van der Waals surface area contributed by atoms with E-state index in [1.54, 1.807) is 0 Å². The molecule has 0 spiro atoms. The van der Waals surface area contributed by atoms with Gasteiger partial charge in [-0.25, -0.2) is 0 Å². The predicted octanol–water partition coefficient (Wildman–Crippen LogP) is 3.57. The third-order valence-corrected chi connectivity index (χ3v) is 3.12. The van der Waals surface area contributed by atoms with Gasteiger partial charge in [0.15, 0.2) is 0 Å². The van der Waals surface area contributed by atoms with Crippen LogP contribution in [0.5, 0.6) is 0 Å². The fourth-order valence-electron chi connectivity index (χ4n) is 1.54. The standard InChI is InChI=1S/C12H17BrO/c1-8(2)12(14)9(3)10-4-6-11(13)7-5-10/h4-9,12,14H,1-3H3. The second-order valence-corrected chi connectivity index (χ2v) is 4.99. The summed E-state index contributed by atoms with van der Waals surface area (Å²) in [6, 6.07) is 8.14. The maximum absolute atomic E-state index is 9.91. The van der Waals surface area contributed by atoms with Crippen LogP contribution < -0.4 is 0 Å². The first kappa shape index (κ1) is 11.7. The van der Waals surface area contributed by atoms with Crippen molar-refractivity contribution >= 4 is 15.9 Å². The van der Waals surface area contributed by atoms with Crippen LogP contribution in [0.4, 0.5) is 0 Å². The van der Waals surface area contributed by atoms with Gasteiger partial charge in [-0.15, -0.1) is 0 Å². The summed E-state index contributed by atoms with van der Waals surface area (Å²) in [6.07, 6.45) is -0.267. The number of halogens is 1. The van der Waals surface area contributed by atoms with Gasteiger partial charge < -0.3 is 5.11 Å². The fraction of sp³-hybridized carbons (Fsp3) is 0.500. The zero-order valence-electron chi connectivity index (χ0n) is 8.87. The highest BCUT2D eigenvalue weighted by Crippen LogP contribution is 2.24. The third-order valence-electron chi connectivity index (χ3n) is 2.59. The molecule has 1 aromatic carbocycles. The van der Waals surface area contributed by atoms with E-state index in [2.05, 4.69) is 35.0 Å². The van der Waals surface area contributed by atoms with Crippen LogP contribution in [0.2, 0.25) is 0 Å². The Morgan fingerprint density at radius 2 is 1.57 bits per heavy atom. The molecule has 14 heavy (non-hydrogen) atoms. The van der Waals surface area contributed by atoms with Gasteiger partial charge in [0.05, 0.1) is 6.10 Å². The van der Waals surface area contributed by atoms with E-state index in [1.807, 2.05) is 26.0 Å². The van der Waals surface area contributed by atoms with Crippen molar-refractivity contribution in [1.82, 2.24) is 0 Å². The summed E-state index contributed by atoms with van der Waals surface area (Å²) in [5.74, 6) is 0.497. The molecule has 0 radical (unpaired) electrons. The Kier molecular flexibility index (Phi) is 4.14. The summed E-state index contributed by atoms with van der Waals surface area (Å²) < 4.78 is 1.08. The molecule has 1 rings (SSSR count). The maximum atomic E-state index is 9.91. The molecule has 1 N–H and O–H groups in total. The van der Waals surface area contributed by atoms with Gasteiger partial charge in [-0.2, -0.15) is 0 Å². The summed E-state index contributed by atoms with van der Waals surface area (Å²) in [6.45, 7) is 6.15. The SMILES string of the molecule is CC(C)C(O)C(C)c1ccc(Br)cc1. The van der Waals surface area contributed by atoms with Crippen molar-refractivity contribution in [1.29, 1.82) is 0 Å². The highest BCUT2D eigenvalue weighted by molar-refractivity contribution is 9.10. The van der Waals surface area contributed by atoms with Crippen LogP contribution in [-0.4, -0.2) is 11.2 Å². The molecule has 1 aromatic rings. The lowest BCUT2D eigenvalue weighted by molar-refractivity contribution is 0.102. The molecular weight excluding hydrogens is 240 g/mol. The van der Waals surface area contributed by atoms with E-state index in [0.717, 1.165) is 4.47 Å². The molecule has 0 aromatic heterocycles. The van der Waals surface area contributed by atoms with Crippen LogP contribution in [0.15, 0.2) is 28.7 Å². The van der Waals surface area contributed by atoms with Crippen LogP contribution in [0, 0.1) is 5.92 Å². The van der Waals surface area contributed by atoms with Gasteiger partial charge in [-0.1, -0.05) is 48.8 Å². The average molecular weight is 257 g/mol. The normalized spacial score (nSPS) is 15.6. The molecule has 0 saturated heterocycles. The zero-order valence-corrected chi connectivity index (χ0v) is 10.5. The molecule has 0 aliphatic heterocycles. The Morgan fingerprint density at radius 3 is 2.00 bits per heavy atom. The van der Waals surface area contributed by atoms with Crippen LogP contribution in [0.3, 0.4) is 0 Å². The molecule has 78 valence electrons. The van der Waals surface area contributed by atoms with Gasteiger partial charge in [-0.05, 0) is 23.6 Å². The van der Waals surface area contributed by atoms with Crippen LogP contribution in [-0.2, 0) is 0 Å². The Morgan fingerprint density at radius 1 is 1.07 bits per heavy atom. The summed E-state index contributed by atoms with van der Waals surface area (Å²) in [7, 11) is 0. The van der Waals surface area contributed by atoms with E-state index in [-0.39, 0.29) is 12.0 Å². The largest absolute Gasteiger partial charge is 0.392 e. The van der Waals surface area contributed by atoms with Crippen molar-refractivity contribution in [3.8, 4) is 0 Å². The molecule has 0 aliphatic rings. The smallest absolute Gasteiger partial charge is 0.0628 e. The van der Waals surface area contributed by atoms with Gasteiger partial charge in [0.2, 0.25) is 0 Å². The van der Waals surface area contributed by atoms with Crippen LogP contribution >= 0.6 is 15.9 Å². The van der Waals surface area contributed by atoms with E-state index in [9.17, 15) is 5.11 Å². The quantitative estimate of drug-likeness (QED) is 0.877. The zero-order chi connectivity index (χ0) is 10.7. The lowest BCUT2D eigenvalue weighted by Crippen LogP contribution is -2.21. The average Bonchev–Trinajstić information content (AvgIpc) is 2.16. The van der Waals surface area contributed by atoms with Crippen molar-refractivity contribution < 1.29 is 5.11 Å². The van der Waals surface area contributed by atoms with E-state index >= 15 is 0 Å². The molecule has 1 nitrogen and oxygen atoms in total. The van der Waals surface area contributed by atoms with E-state index in [4.69, 9.17) is 0 Å². The summed E-state index contributed by atoms with van der Waals surface area (Å²) in [5.41, 5.74) is 1.19. The molecule has 2 heteroatoms. The molecule has 0 heterocycles. The lowest BCUT2D eigenvalue weighted by Gasteiger charge is -2.22. The number of hydrogen-bond acceptors (Lipinski definition) is 1. The number of benzene rings is 1. The topological polar surface area (TPSA) is 20.2 Å². The fourth-order valence-corrected chi connectivity index (χ4v) is 1.81. The summed E-state index contributed by atoms with van der Waals surface area (Å²) in [4.78, 5) is 0.